The van der Waals surface area contributed by atoms with E-state index in [1.54, 1.807) is 82.1 Å². The number of carboxylic acid groups (broad SMARTS) is 1. The minimum atomic E-state index is -1.62. The van der Waals surface area contributed by atoms with Gasteiger partial charge in [0.05, 0.1) is 0 Å². The van der Waals surface area contributed by atoms with Crippen molar-refractivity contribution in [2.45, 2.75) is 12.0 Å². The van der Waals surface area contributed by atoms with Crippen LogP contribution in [0.2, 0.25) is 0 Å². The molecule has 2 N–H and O–H groups in total. The minimum absolute atomic E-state index is 0.0389. The van der Waals surface area contributed by atoms with Crippen molar-refractivity contribution >= 4 is 58.0 Å². The van der Waals surface area contributed by atoms with E-state index < -0.39 is 11.5 Å². The summed E-state index contributed by atoms with van der Waals surface area (Å²) in [6.07, 6.45) is 0.478. The summed E-state index contributed by atoms with van der Waals surface area (Å²) in [6, 6.07) is 13.1. The highest BCUT2D eigenvalue weighted by Crippen LogP contribution is 2.29. The Morgan fingerprint density at radius 2 is 1.58 bits per heavy atom. The Morgan fingerprint density at radius 1 is 1.08 bits per heavy atom. The molecule has 0 saturated heterocycles. The fraction of sp³-hybridized carbons (Fsp3) is 0.125. The van der Waals surface area contributed by atoms with E-state index in [2.05, 4.69) is 0 Å². The Morgan fingerprint density at radius 3 is 2.00 bits per heavy atom. The first kappa shape index (κ1) is 18.9. The van der Waals surface area contributed by atoms with Crippen molar-refractivity contribution in [3.8, 4) is 17.2 Å². The molecule has 0 radical (unpaired) electrons. The maximum absolute atomic E-state index is 11.5. The number of hydrogen-bond acceptors (Lipinski definition) is 5. The number of carboxylic acids is 1. The molecule has 2 aromatic carbocycles. The number of carbonyl (C=O) groups is 2. The van der Waals surface area contributed by atoms with E-state index in [1.165, 1.54) is 13.5 Å². The van der Waals surface area contributed by atoms with E-state index in [-0.39, 0.29) is 12.2 Å². The second kappa shape index (κ2) is 8.12. The third kappa shape index (κ3) is 4.36. The number of hydrogen-bond donors (Lipinski definition) is 2. The fourth-order valence-corrected chi connectivity index (χ4v) is 2.96. The molecule has 24 heavy (non-hydrogen) atoms. The number of aliphatic carboxylic acids is 1. The Balaban J connectivity index is 2.15. The molecular formula is C16H13I2NO5. The van der Waals surface area contributed by atoms with E-state index in [4.69, 9.17) is 4.74 Å². The van der Waals surface area contributed by atoms with Gasteiger partial charge in [-0.1, -0.05) is 12.1 Å². The molecule has 6 nitrogen and oxygen atoms in total. The highest BCUT2D eigenvalue weighted by molar-refractivity contribution is 14.2. The molecule has 0 saturated carbocycles. The molecule has 0 aliphatic heterocycles. The van der Waals surface area contributed by atoms with Gasteiger partial charge >= 0.3 is 5.97 Å². The lowest BCUT2D eigenvalue weighted by atomic mass is 9.93. The highest BCUT2D eigenvalue weighted by Gasteiger charge is 2.43. The zero-order valence-corrected chi connectivity index (χ0v) is 16.5. The Bertz CT molecular complexity index is 718. The van der Waals surface area contributed by atoms with Gasteiger partial charge in [0.15, 0.2) is 11.8 Å². The summed E-state index contributed by atoms with van der Waals surface area (Å²) in [5.74, 6) is 0.0840. The van der Waals surface area contributed by atoms with E-state index >= 15 is 0 Å². The lowest BCUT2D eigenvalue weighted by Gasteiger charge is -2.26. The predicted molar refractivity (Wildman–Crippen MR) is 105 cm³/mol. The highest BCUT2D eigenvalue weighted by atomic mass is 127. The first-order valence-corrected chi connectivity index (χ1v) is 8.68. The fourth-order valence-electron chi connectivity index (χ4n) is 1.98. The van der Waals surface area contributed by atoms with Crippen molar-refractivity contribution in [1.29, 1.82) is 0 Å². The number of aromatic hydroxyl groups is 1. The summed E-state index contributed by atoms with van der Waals surface area (Å²) in [6.45, 7) is 0. The van der Waals surface area contributed by atoms with Crippen LogP contribution in [0, 0.1) is 0 Å². The van der Waals surface area contributed by atoms with Crippen molar-refractivity contribution in [3.05, 3.63) is 54.1 Å². The Kier molecular flexibility index (Phi) is 6.40. The lowest BCUT2D eigenvalue weighted by molar-refractivity contribution is -0.147. The maximum atomic E-state index is 11.5. The van der Waals surface area contributed by atoms with Crippen molar-refractivity contribution in [2.75, 3.05) is 0 Å². The van der Waals surface area contributed by atoms with Crippen LogP contribution in [-0.4, -0.2) is 29.3 Å². The number of rotatable bonds is 7. The Labute approximate surface area is 166 Å². The van der Waals surface area contributed by atoms with Crippen molar-refractivity contribution < 1.29 is 24.5 Å². The molecule has 0 spiro atoms. The molecule has 0 amide bonds. The third-order valence-electron chi connectivity index (χ3n) is 3.34. The topological polar surface area (TPSA) is 87.1 Å². The van der Waals surface area contributed by atoms with Gasteiger partial charge in [0.25, 0.3) is 0 Å². The zero-order chi connectivity index (χ0) is 17.7. The van der Waals surface area contributed by atoms with Gasteiger partial charge in [-0.3, -0.25) is 0 Å². The first-order chi connectivity index (χ1) is 11.4. The van der Waals surface area contributed by atoms with Crippen LogP contribution in [0.25, 0.3) is 0 Å². The predicted octanol–water partition coefficient (Wildman–Crippen LogP) is 3.75. The van der Waals surface area contributed by atoms with Crippen LogP contribution in [0.3, 0.4) is 0 Å². The monoisotopic (exact) mass is 553 g/mol. The smallest absolute Gasteiger partial charge is 0.333 e. The van der Waals surface area contributed by atoms with Crippen LogP contribution in [-0.2, 0) is 16.0 Å². The van der Waals surface area contributed by atoms with Crippen LogP contribution in [0.1, 0.15) is 5.56 Å². The second-order valence-electron chi connectivity index (χ2n) is 5.00. The molecule has 0 aliphatic carbocycles. The molecule has 0 bridgehead atoms. The van der Waals surface area contributed by atoms with Crippen LogP contribution in [0.15, 0.2) is 48.5 Å². The van der Waals surface area contributed by atoms with E-state index in [1.807, 2.05) is 0 Å². The molecule has 0 fully saturated rings. The average molecular weight is 553 g/mol. The van der Waals surface area contributed by atoms with Gasteiger partial charge in [-0.2, -0.15) is 1.33 Å². The second-order valence-corrected chi connectivity index (χ2v) is 8.77. The van der Waals surface area contributed by atoms with Crippen LogP contribution < -0.4 is 4.74 Å². The number of phenols is 1. The zero-order valence-electron chi connectivity index (χ0n) is 12.2. The summed E-state index contributed by atoms with van der Waals surface area (Å²) in [5, 5.41) is 18.6. The molecular weight excluding hydrogens is 540 g/mol. The number of phenolic OH excluding ortho intramolecular Hbond substituents is 1. The standard InChI is InChI=1S/C16H13I2NO5/c17-19(18)16(10-20,15(22)23)9-11-1-5-13(6-2-11)24-14-7-3-12(21)4-8-14/h1-8,10,21H,9H2,(H,22,23)/t16-/m1/s1. The van der Waals surface area contributed by atoms with Crippen molar-refractivity contribution in [3.63, 3.8) is 0 Å². The minimum Gasteiger partial charge on any atom is -0.508 e. The summed E-state index contributed by atoms with van der Waals surface area (Å²) in [4.78, 5) is 22.9. The van der Waals surface area contributed by atoms with Crippen molar-refractivity contribution in [2.24, 2.45) is 0 Å². The molecule has 0 unspecified atom stereocenters. The largest absolute Gasteiger partial charge is 0.508 e. The summed E-state index contributed by atoms with van der Waals surface area (Å²) < 4.78 is 6.96. The van der Waals surface area contributed by atoms with Crippen LogP contribution in [0.4, 0.5) is 0 Å². The van der Waals surface area contributed by atoms with Gasteiger partial charge in [0.2, 0.25) is 0 Å². The maximum Gasteiger partial charge on any atom is 0.333 e. The number of halogens is 2. The number of benzene rings is 2. The van der Waals surface area contributed by atoms with Gasteiger partial charge in [-0.25, -0.2) is 4.79 Å². The molecule has 0 aromatic heterocycles. The molecule has 8 heteroatoms. The van der Waals surface area contributed by atoms with Gasteiger partial charge < -0.3 is 19.7 Å². The summed E-state index contributed by atoms with van der Waals surface area (Å²) in [5.41, 5.74) is -0.929. The third-order valence-corrected chi connectivity index (χ3v) is 5.06. The van der Waals surface area contributed by atoms with E-state index in [0.29, 0.717) is 23.3 Å². The van der Waals surface area contributed by atoms with E-state index in [9.17, 15) is 19.8 Å². The number of aldehydes is 1. The Hall–Kier alpha value is -1.40. The summed E-state index contributed by atoms with van der Waals surface area (Å²) in [7, 11) is 0. The van der Waals surface area contributed by atoms with Crippen LogP contribution in [0.5, 0.6) is 17.2 Å². The number of carbonyl (C=O) groups excluding carboxylic acids is 1. The summed E-state index contributed by atoms with van der Waals surface area (Å²) >= 11 is 3.57. The van der Waals surface area contributed by atoms with Gasteiger partial charge in [-0.15, -0.1) is 0 Å². The SMILES string of the molecule is O=C[C@](Cc1ccc(Oc2ccc(O)cc2)cc1)(C(=O)O)N(I)I. The van der Waals surface area contributed by atoms with Gasteiger partial charge in [0, 0.05) is 52.1 Å². The normalized spacial score (nSPS) is 13.3. The number of ether oxygens (including phenoxy) is 1. The molecule has 0 heterocycles. The van der Waals surface area contributed by atoms with Crippen LogP contribution >= 0.6 is 45.7 Å². The molecule has 2 rings (SSSR count). The molecule has 0 aliphatic rings. The van der Waals surface area contributed by atoms with Crippen molar-refractivity contribution in [1.82, 2.24) is 1.33 Å². The van der Waals surface area contributed by atoms with Gasteiger partial charge in [0.1, 0.15) is 17.2 Å². The molecule has 1 atom stereocenters. The first-order valence-electron chi connectivity index (χ1n) is 6.75. The molecule has 2 aromatic rings. The van der Waals surface area contributed by atoms with Gasteiger partial charge in [-0.05, 0) is 42.0 Å². The van der Waals surface area contributed by atoms with E-state index in [0.717, 1.165) is 0 Å². The lowest BCUT2D eigenvalue weighted by Crippen LogP contribution is -2.49. The average Bonchev–Trinajstić information content (AvgIpc) is 2.55. The quantitative estimate of drug-likeness (QED) is 0.235. The number of nitrogens with zero attached hydrogens (tertiary/aromatic N) is 1. The molecule has 126 valence electrons.